The number of hydrogen-bond donors (Lipinski definition) is 0. The van der Waals surface area contributed by atoms with E-state index in [1.165, 1.54) is 4.90 Å². The summed E-state index contributed by atoms with van der Waals surface area (Å²) in [7, 11) is 0. The number of rotatable bonds is 7. The van der Waals surface area contributed by atoms with E-state index in [1.807, 2.05) is 32.1 Å². The minimum atomic E-state index is -0.957. The summed E-state index contributed by atoms with van der Waals surface area (Å²) in [5, 5.41) is 1.05. The molecule has 6 rings (SSSR count). The van der Waals surface area contributed by atoms with Crippen molar-refractivity contribution in [3.63, 3.8) is 0 Å². The highest BCUT2D eigenvalue weighted by molar-refractivity contribution is 6.32. The molecule has 0 N–H and O–H groups in total. The van der Waals surface area contributed by atoms with Gasteiger partial charge in [0.25, 0.3) is 0 Å². The van der Waals surface area contributed by atoms with Gasteiger partial charge in [0.2, 0.25) is 17.6 Å². The number of carbonyl (C=O) groups excluding carboxylic acids is 4. The van der Waals surface area contributed by atoms with E-state index in [2.05, 4.69) is 0 Å². The normalized spacial score (nSPS) is 20.1. The van der Waals surface area contributed by atoms with Gasteiger partial charge in [0.05, 0.1) is 34.3 Å². The van der Waals surface area contributed by atoms with Gasteiger partial charge in [-0.1, -0.05) is 86.1 Å². The highest BCUT2D eigenvalue weighted by Crippen LogP contribution is 2.41. The second-order valence-electron chi connectivity index (χ2n) is 11.4. The molecular formula is C36H31ClN2O5. The Morgan fingerprint density at radius 2 is 1.75 bits per heavy atom. The molecule has 0 spiro atoms. The van der Waals surface area contributed by atoms with Crippen molar-refractivity contribution >= 4 is 51.8 Å². The molecule has 7 nitrogen and oxygen atoms in total. The standard InChI is InChI=1S/C36H31ClN2O5/c1-4-30(33(40)23-10-6-5-7-11-23)44-36(43)27-19-29(38-32-21(3)28(37)18-17-25(27)32)22-13-15-24(16-14-22)39-34(41)26-12-8-9-20(2)31(26)35(39)42/h5-11,13-20,26,30-31H,4,12H2,1-3H3. The first-order valence-corrected chi connectivity index (χ1v) is 15.1. The average Bonchev–Trinajstić information content (AvgIpc) is 3.31. The van der Waals surface area contributed by atoms with Crippen LogP contribution in [0.4, 0.5) is 5.69 Å². The van der Waals surface area contributed by atoms with Gasteiger partial charge in [-0.05, 0) is 55.5 Å². The Morgan fingerprint density at radius 1 is 1.02 bits per heavy atom. The molecule has 8 heteroatoms. The van der Waals surface area contributed by atoms with Crippen molar-refractivity contribution in [2.45, 2.75) is 39.7 Å². The summed E-state index contributed by atoms with van der Waals surface area (Å²) >= 11 is 6.44. The number of esters is 1. The number of benzene rings is 3. The summed E-state index contributed by atoms with van der Waals surface area (Å²) in [6, 6.07) is 20.8. The molecule has 2 amide bonds. The van der Waals surface area contributed by atoms with Crippen molar-refractivity contribution in [2.24, 2.45) is 17.8 Å². The fraction of sp³-hybridized carbons (Fsp3) is 0.250. The first-order valence-electron chi connectivity index (χ1n) is 14.7. The van der Waals surface area contributed by atoms with Gasteiger partial charge in [0.1, 0.15) is 0 Å². The molecule has 4 aromatic rings. The monoisotopic (exact) mass is 606 g/mol. The van der Waals surface area contributed by atoms with Gasteiger partial charge in [-0.2, -0.15) is 0 Å². The number of anilines is 1. The number of Topliss-reactive ketones (excluding diaryl/α,β-unsaturated/α-hetero) is 1. The van der Waals surface area contributed by atoms with E-state index in [0.29, 0.717) is 56.8 Å². The smallest absolute Gasteiger partial charge is 0.339 e. The lowest BCUT2D eigenvalue weighted by Crippen LogP contribution is -2.31. The van der Waals surface area contributed by atoms with E-state index in [-0.39, 0.29) is 40.9 Å². The van der Waals surface area contributed by atoms with E-state index in [9.17, 15) is 19.2 Å². The molecule has 4 unspecified atom stereocenters. The zero-order chi connectivity index (χ0) is 31.1. The Bertz CT molecular complexity index is 1830. The molecule has 0 bridgehead atoms. The molecule has 222 valence electrons. The summed E-state index contributed by atoms with van der Waals surface area (Å²) in [5.41, 5.74) is 3.60. The van der Waals surface area contributed by atoms with Crippen molar-refractivity contribution in [1.82, 2.24) is 4.98 Å². The molecule has 4 atom stereocenters. The second kappa shape index (κ2) is 11.8. The highest BCUT2D eigenvalue weighted by Gasteiger charge is 2.50. The molecule has 1 aliphatic carbocycles. The maximum Gasteiger partial charge on any atom is 0.339 e. The predicted octanol–water partition coefficient (Wildman–Crippen LogP) is 7.38. The first-order chi connectivity index (χ1) is 21.2. The minimum absolute atomic E-state index is 0.000180. The number of carbonyl (C=O) groups is 4. The average molecular weight is 607 g/mol. The molecule has 1 saturated heterocycles. The second-order valence-corrected chi connectivity index (χ2v) is 11.8. The zero-order valence-electron chi connectivity index (χ0n) is 24.6. The van der Waals surface area contributed by atoms with Gasteiger partial charge in [0.15, 0.2) is 6.10 Å². The van der Waals surface area contributed by atoms with Crippen molar-refractivity contribution in [3.8, 4) is 11.3 Å². The van der Waals surface area contributed by atoms with Crippen LogP contribution >= 0.6 is 11.6 Å². The van der Waals surface area contributed by atoms with E-state index < -0.39 is 12.1 Å². The summed E-state index contributed by atoms with van der Waals surface area (Å²) in [6.45, 7) is 5.59. The number of hydrogen-bond acceptors (Lipinski definition) is 6. The van der Waals surface area contributed by atoms with Crippen LogP contribution in [0.15, 0.2) is 84.9 Å². The van der Waals surface area contributed by atoms with Crippen molar-refractivity contribution < 1.29 is 23.9 Å². The molecule has 1 aliphatic heterocycles. The minimum Gasteiger partial charge on any atom is -0.450 e. The van der Waals surface area contributed by atoms with Crippen molar-refractivity contribution in [2.75, 3.05) is 4.90 Å². The van der Waals surface area contributed by atoms with E-state index in [4.69, 9.17) is 21.3 Å². The number of imide groups is 1. The number of aryl methyl sites for hydroxylation is 1. The Kier molecular flexibility index (Phi) is 7.91. The molecule has 2 aliphatic rings. The lowest BCUT2D eigenvalue weighted by molar-refractivity contribution is -0.122. The van der Waals surface area contributed by atoms with Crippen molar-refractivity contribution in [1.29, 1.82) is 0 Å². The summed E-state index contributed by atoms with van der Waals surface area (Å²) in [6.07, 6.45) is 3.90. The molecule has 0 saturated carbocycles. The summed E-state index contributed by atoms with van der Waals surface area (Å²) < 4.78 is 5.80. The molecule has 1 fully saturated rings. The largest absolute Gasteiger partial charge is 0.450 e. The van der Waals surface area contributed by atoms with Crippen LogP contribution in [0.5, 0.6) is 0 Å². The maximum absolute atomic E-state index is 13.7. The van der Waals surface area contributed by atoms with Gasteiger partial charge in [-0.25, -0.2) is 9.78 Å². The zero-order valence-corrected chi connectivity index (χ0v) is 25.4. The Labute approximate surface area is 260 Å². The number of fused-ring (bicyclic) bond motifs is 2. The van der Waals surface area contributed by atoms with Gasteiger partial charge < -0.3 is 4.74 Å². The number of nitrogens with zero attached hydrogens (tertiary/aromatic N) is 2. The van der Waals surface area contributed by atoms with Gasteiger partial charge in [0, 0.05) is 21.5 Å². The third-order valence-corrected chi connectivity index (χ3v) is 9.06. The van der Waals surface area contributed by atoms with Gasteiger partial charge in [-0.15, -0.1) is 0 Å². The third-order valence-electron chi connectivity index (χ3n) is 8.65. The molecule has 2 heterocycles. The lowest BCUT2D eigenvalue weighted by Gasteiger charge is -2.22. The highest BCUT2D eigenvalue weighted by atomic mass is 35.5. The van der Waals surface area contributed by atoms with E-state index in [1.54, 1.807) is 73.7 Å². The van der Waals surface area contributed by atoms with Crippen molar-refractivity contribution in [3.05, 3.63) is 107 Å². The number of aromatic nitrogens is 1. The Morgan fingerprint density at radius 3 is 2.43 bits per heavy atom. The topological polar surface area (TPSA) is 93.6 Å². The van der Waals surface area contributed by atoms with Gasteiger partial charge in [-0.3, -0.25) is 19.3 Å². The number of pyridine rings is 1. The Balaban J connectivity index is 1.34. The molecule has 0 radical (unpaired) electrons. The molecular weight excluding hydrogens is 576 g/mol. The summed E-state index contributed by atoms with van der Waals surface area (Å²) in [4.78, 5) is 59.4. The predicted molar refractivity (Wildman–Crippen MR) is 170 cm³/mol. The van der Waals surface area contributed by atoms with E-state index in [0.717, 1.165) is 0 Å². The van der Waals surface area contributed by atoms with Crippen LogP contribution in [0.25, 0.3) is 22.2 Å². The van der Waals surface area contributed by atoms with Crippen LogP contribution in [0.3, 0.4) is 0 Å². The fourth-order valence-electron chi connectivity index (χ4n) is 6.21. The Hall–Kier alpha value is -4.62. The fourth-order valence-corrected chi connectivity index (χ4v) is 6.36. The number of allylic oxidation sites excluding steroid dienone is 2. The van der Waals surface area contributed by atoms with Crippen LogP contribution in [-0.2, 0) is 14.3 Å². The molecule has 1 aromatic heterocycles. The number of halogens is 1. The number of amides is 2. The lowest BCUT2D eigenvalue weighted by atomic mass is 9.78. The van der Waals surface area contributed by atoms with Crippen LogP contribution in [-0.4, -0.2) is 34.7 Å². The van der Waals surface area contributed by atoms with Crippen LogP contribution in [0.1, 0.15) is 53.0 Å². The SMILES string of the molecule is CCC(OC(=O)c1cc(-c2ccc(N3C(=O)C4CC=CC(C)C4C3=O)cc2)nc2c(C)c(Cl)ccc12)C(=O)c1ccccc1. The summed E-state index contributed by atoms with van der Waals surface area (Å²) in [5.74, 6) is -1.97. The van der Waals surface area contributed by atoms with E-state index >= 15 is 0 Å². The maximum atomic E-state index is 13.7. The third kappa shape index (κ3) is 5.11. The van der Waals surface area contributed by atoms with Crippen LogP contribution in [0, 0.1) is 24.7 Å². The molecule has 3 aromatic carbocycles. The quantitative estimate of drug-likeness (QED) is 0.0943. The molecule has 44 heavy (non-hydrogen) atoms. The van der Waals surface area contributed by atoms with Crippen LogP contribution in [0.2, 0.25) is 5.02 Å². The first kappa shape index (κ1) is 29.5. The number of ketones is 1. The number of ether oxygens (including phenoxy) is 1. The van der Waals surface area contributed by atoms with Gasteiger partial charge >= 0.3 is 5.97 Å². The van der Waals surface area contributed by atoms with Crippen LogP contribution < -0.4 is 4.90 Å².